The summed E-state index contributed by atoms with van der Waals surface area (Å²) in [7, 11) is 0. The van der Waals surface area contributed by atoms with Crippen LogP contribution >= 0.6 is 23.1 Å². The Morgan fingerprint density at radius 3 is 3.08 bits per heavy atom. The zero-order chi connectivity index (χ0) is 9.10. The van der Waals surface area contributed by atoms with E-state index in [0.717, 1.165) is 15.8 Å². The average molecular weight is 213 g/mol. The molecule has 13 heavy (non-hydrogen) atoms. The molecule has 2 aromatic rings. The van der Waals surface area contributed by atoms with Crippen LogP contribution in [0.2, 0.25) is 0 Å². The van der Waals surface area contributed by atoms with Gasteiger partial charge in [0.25, 0.3) is 0 Å². The Morgan fingerprint density at radius 1 is 1.54 bits per heavy atom. The van der Waals surface area contributed by atoms with Gasteiger partial charge in [-0.25, -0.2) is 9.97 Å². The third kappa shape index (κ3) is 2.19. The minimum atomic E-state index is 0.605. The van der Waals surface area contributed by atoms with Crippen LogP contribution in [-0.4, -0.2) is 20.2 Å². The molecule has 0 spiro atoms. The highest BCUT2D eigenvalue weighted by Gasteiger charge is 2.01. The Kier molecular flexibility index (Phi) is 2.46. The lowest BCUT2D eigenvalue weighted by atomic mass is 10.6. The van der Waals surface area contributed by atoms with Gasteiger partial charge < -0.3 is 5.73 Å². The van der Waals surface area contributed by atoms with Crippen molar-refractivity contribution in [3.05, 3.63) is 17.4 Å². The topological polar surface area (TPSA) is 80.5 Å². The molecule has 0 saturated carbocycles. The van der Waals surface area contributed by atoms with Crippen LogP contribution in [0.1, 0.15) is 4.88 Å². The Morgan fingerprint density at radius 2 is 2.46 bits per heavy atom. The van der Waals surface area contributed by atoms with Gasteiger partial charge in [-0.2, -0.15) is 5.10 Å². The van der Waals surface area contributed by atoms with E-state index in [1.165, 1.54) is 17.7 Å². The summed E-state index contributed by atoms with van der Waals surface area (Å²) >= 11 is 3.07. The van der Waals surface area contributed by atoms with Gasteiger partial charge in [0.15, 0.2) is 10.3 Å². The molecule has 5 nitrogen and oxygen atoms in total. The molecule has 7 heteroatoms. The predicted octanol–water partition coefficient (Wildman–Crippen LogP) is 1.14. The fourth-order valence-corrected chi connectivity index (χ4v) is 2.28. The molecule has 0 bridgehead atoms. The van der Waals surface area contributed by atoms with Gasteiger partial charge in [0, 0.05) is 16.8 Å². The standard InChI is InChI=1S/C6H7N5S2/c7-5-8-1-4(13-5)2-12-6-9-3-10-11-6/h1,3H,2H2,(H2,7,8)(H,9,10,11). The van der Waals surface area contributed by atoms with Crippen LogP contribution in [0.3, 0.4) is 0 Å². The van der Waals surface area contributed by atoms with Crippen LogP contribution < -0.4 is 5.73 Å². The molecule has 0 fully saturated rings. The second-order valence-corrected chi connectivity index (χ2v) is 4.35. The van der Waals surface area contributed by atoms with Crippen LogP contribution in [0.4, 0.5) is 5.13 Å². The fraction of sp³-hybridized carbons (Fsp3) is 0.167. The molecule has 68 valence electrons. The fourth-order valence-electron chi connectivity index (χ4n) is 0.793. The number of thiazole rings is 1. The number of nitrogens with one attached hydrogen (secondary N) is 1. The van der Waals surface area contributed by atoms with Gasteiger partial charge >= 0.3 is 0 Å². The molecule has 0 aliphatic rings. The summed E-state index contributed by atoms with van der Waals surface area (Å²) in [5.74, 6) is 0.823. The predicted molar refractivity (Wildman–Crippen MR) is 52.5 cm³/mol. The van der Waals surface area contributed by atoms with Crippen LogP contribution in [-0.2, 0) is 5.75 Å². The van der Waals surface area contributed by atoms with Gasteiger partial charge in [-0.15, -0.1) is 11.3 Å². The minimum Gasteiger partial charge on any atom is -0.375 e. The molecule has 0 unspecified atom stereocenters. The molecule has 2 aromatic heterocycles. The molecule has 0 aliphatic heterocycles. The van der Waals surface area contributed by atoms with Crippen molar-refractivity contribution in [3.63, 3.8) is 0 Å². The lowest BCUT2D eigenvalue weighted by Crippen LogP contribution is -1.77. The zero-order valence-electron chi connectivity index (χ0n) is 6.60. The lowest BCUT2D eigenvalue weighted by Gasteiger charge is -1.91. The molecule has 0 radical (unpaired) electrons. The summed E-state index contributed by atoms with van der Waals surface area (Å²) in [6, 6.07) is 0. The second-order valence-electron chi connectivity index (χ2n) is 2.24. The van der Waals surface area contributed by atoms with Gasteiger partial charge in [0.2, 0.25) is 0 Å². The van der Waals surface area contributed by atoms with Crippen molar-refractivity contribution >= 4 is 28.2 Å². The van der Waals surface area contributed by atoms with Crippen molar-refractivity contribution in [2.24, 2.45) is 0 Å². The number of hydrogen-bond donors (Lipinski definition) is 2. The van der Waals surface area contributed by atoms with Crippen molar-refractivity contribution in [1.29, 1.82) is 0 Å². The van der Waals surface area contributed by atoms with Crippen LogP contribution in [0.25, 0.3) is 0 Å². The van der Waals surface area contributed by atoms with E-state index in [-0.39, 0.29) is 0 Å². The highest BCUT2D eigenvalue weighted by atomic mass is 32.2. The molecular weight excluding hydrogens is 206 g/mol. The first-order chi connectivity index (χ1) is 6.34. The molecular formula is C6H7N5S2. The largest absolute Gasteiger partial charge is 0.375 e. The summed E-state index contributed by atoms with van der Waals surface area (Å²) in [6.45, 7) is 0. The Bertz CT molecular complexity index is 368. The molecule has 2 heterocycles. The van der Waals surface area contributed by atoms with E-state index in [2.05, 4.69) is 20.2 Å². The number of thioether (sulfide) groups is 1. The van der Waals surface area contributed by atoms with Crippen molar-refractivity contribution in [2.45, 2.75) is 10.9 Å². The maximum absolute atomic E-state index is 5.49. The van der Waals surface area contributed by atoms with Crippen LogP contribution in [0.5, 0.6) is 0 Å². The number of nitrogen functional groups attached to an aromatic ring is 1. The van der Waals surface area contributed by atoms with Crippen molar-refractivity contribution < 1.29 is 0 Å². The average Bonchev–Trinajstić information content (AvgIpc) is 2.71. The van der Waals surface area contributed by atoms with Crippen LogP contribution in [0, 0.1) is 0 Å². The highest BCUT2D eigenvalue weighted by Crippen LogP contribution is 2.23. The van der Waals surface area contributed by atoms with E-state index in [0.29, 0.717) is 5.13 Å². The van der Waals surface area contributed by atoms with E-state index in [9.17, 15) is 0 Å². The lowest BCUT2D eigenvalue weighted by molar-refractivity contribution is 0.973. The number of hydrogen-bond acceptors (Lipinski definition) is 6. The highest BCUT2D eigenvalue weighted by molar-refractivity contribution is 7.98. The molecule has 0 atom stereocenters. The number of nitrogens with zero attached hydrogens (tertiary/aromatic N) is 3. The molecule has 2 rings (SSSR count). The maximum Gasteiger partial charge on any atom is 0.183 e. The molecule has 0 aliphatic carbocycles. The minimum absolute atomic E-state index is 0.605. The smallest absolute Gasteiger partial charge is 0.183 e. The number of aromatic amines is 1. The summed E-state index contributed by atoms with van der Waals surface area (Å²) in [6.07, 6.45) is 3.27. The van der Waals surface area contributed by atoms with Gasteiger partial charge in [-0.3, -0.25) is 5.10 Å². The number of nitrogens with two attached hydrogens (primary N) is 1. The van der Waals surface area contributed by atoms with Crippen molar-refractivity contribution in [2.75, 3.05) is 5.73 Å². The third-order valence-electron chi connectivity index (χ3n) is 1.32. The first-order valence-electron chi connectivity index (χ1n) is 3.53. The Balaban J connectivity index is 1.93. The van der Waals surface area contributed by atoms with E-state index in [1.807, 2.05) is 0 Å². The maximum atomic E-state index is 5.49. The van der Waals surface area contributed by atoms with E-state index >= 15 is 0 Å². The quantitative estimate of drug-likeness (QED) is 0.747. The van der Waals surface area contributed by atoms with E-state index in [4.69, 9.17) is 5.73 Å². The summed E-state index contributed by atoms with van der Waals surface area (Å²) in [4.78, 5) is 9.08. The molecule has 0 amide bonds. The van der Waals surface area contributed by atoms with Gasteiger partial charge in [0.1, 0.15) is 6.33 Å². The van der Waals surface area contributed by atoms with Gasteiger partial charge in [0.05, 0.1) is 0 Å². The third-order valence-corrected chi connectivity index (χ3v) is 3.25. The first-order valence-corrected chi connectivity index (χ1v) is 5.33. The Labute approximate surface area is 82.8 Å². The molecule has 0 saturated heterocycles. The SMILES string of the molecule is Nc1ncc(CSc2ncn[nH]2)s1. The number of rotatable bonds is 3. The monoisotopic (exact) mass is 213 g/mol. The summed E-state index contributed by atoms with van der Waals surface area (Å²) in [5.41, 5.74) is 5.49. The first kappa shape index (κ1) is 8.52. The number of anilines is 1. The number of aromatic nitrogens is 4. The number of H-pyrrole nitrogens is 1. The van der Waals surface area contributed by atoms with Gasteiger partial charge in [-0.1, -0.05) is 11.8 Å². The summed E-state index contributed by atoms with van der Waals surface area (Å²) < 4.78 is 0. The Hall–Kier alpha value is -1.08. The van der Waals surface area contributed by atoms with Crippen molar-refractivity contribution in [3.8, 4) is 0 Å². The van der Waals surface area contributed by atoms with E-state index in [1.54, 1.807) is 18.0 Å². The van der Waals surface area contributed by atoms with Crippen LogP contribution in [0.15, 0.2) is 17.7 Å². The normalized spacial score (nSPS) is 10.5. The second kappa shape index (κ2) is 3.75. The molecule has 0 aromatic carbocycles. The van der Waals surface area contributed by atoms with Crippen molar-refractivity contribution in [1.82, 2.24) is 20.2 Å². The summed E-state index contributed by atoms with van der Waals surface area (Å²) in [5, 5.41) is 7.93. The van der Waals surface area contributed by atoms with Gasteiger partial charge in [-0.05, 0) is 0 Å². The zero-order valence-corrected chi connectivity index (χ0v) is 8.23. The van der Waals surface area contributed by atoms with E-state index < -0.39 is 0 Å². The molecule has 3 N–H and O–H groups in total.